The van der Waals surface area contributed by atoms with Crippen LogP contribution in [0.15, 0.2) is 60.7 Å². The van der Waals surface area contributed by atoms with Crippen molar-refractivity contribution in [3.05, 3.63) is 82.4 Å². The topological polar surface area (TPSA) is 126 Å². The van der Waals surface area contributed by atoms with Gasteiger partial charge in [0.05, 0.1) is 19.2 Å². The number of halogens is 1. The molecule has 10 heteroatoms. The molecular weight excluding hydrogens is 486 g/mol. The second kappa shape index (κ2) is 12.5. The molecule has 0 fully saturated rings. The first-order chi connectivity index (χ1) is 17.3. The number of hydrogen-bond donors (Lipinski definition) is 4. The molecule has 0 aliphatic heterocycles. The molecule has 3 aromatic carbocycles. The van der Waals surface area contributed by atoms with Crippen molar-refractivity contribution in [3.63, 3.8) is 0 Å². The summed E-state index contributed by atoms with van der Waals surface area (Å²) in [5.74, 6) is -0.386. The number of carbonyl (C=O) groups excluding carboxylic acids is 2. The van der Waals surface area contributed by atoms with Crippen molar-refractivity contribution >= 4 is 35.2 Å². The van der Waals surface area contributed by atoms with Gasteiger partial charge in [0, 0.05) is 23.7 Å². The number of methoxy groups -OCH3 is 1. The van der Waals surface area contributed by atoms with E-state index in [0.29, 0.717) is 34.2 Å². The molecule has 0 heterocycles. The molecule has 0 radical (unpaired) electrons. The van der Waals surface area contributed by atoms with E-state index in [2.05, 4.69) is 16.0 Å². The van der Waals surface area contributed by atoms with Crippen LogP contribution in [0.25, 0.3) is 0 Å². The molecule has 36 heavy (non-hydrogen) atoms. The van der Waals surface area contributed by atoms with Gasteiger partial charge in [-0.3, -0.25) is 9.59 Å². The molecule has 0 aliphatic rings. The van der Waals surface area contributed by atoms with Gasteiger partial charge in [0.2, 0.25) is 0 Å². The lowest BCUT2D eigenvalue weighted by Gasteiger charge is -2.16. The number of hydrogen-bond acceptors (Lipinski definition) is 5. The third kappa shape index (κ3) is 7.38. The number of ether oxygens (including phenoxy) is 2. The van der Waals surface area contributed by atoms with Crippen LogP contribution in [-0.2, 0) is 17.8 Å². The molecule has 0 unspecified atom stereocenters. The van der Waals surface area contributed by atoms with Gasteiger partial charge in [0.15, 0.2) is 17.2 Å². The van der Waals surface area contributed by atoms with Crippen molar-refractivity contribution in [1.29, 1.82) is 0 Å². The lowest BCUT2D eigenvalue weighted by atomic mass is 10.1. The monoisotopic (exact) mass is 511 g/mol. The van der Waals surface area contributed by atoms with Gasteiger partial charge >= 0.3 is 12.0 Å². The SMILES string of the molecule is CCNC(=O)c1ccc(Oc2ccc(CC(=O)O)cc2OC)c(NC(=O)NCc2ccc(Cl)cc2)c1. The number of rotatable bonds is 10. The van der Waals surface area contributed by atoms with Crippen LogP contribution in [0.1, 0.15) is 28.4 Å². The van der Waals surface area contributed by atoms with E-state index in [1.165, 1.54) is 13.2 Å². The number of carbonyl (C=O) groups is 3. The molecule has 0 aromatic heterocycles. The van der Waals surface area contributed by atoms with Crippen LogP contribution >= 0.6 is 11.6 Å². The maximum atomic E-state index is 12.7. The van der Waals surface area contributed by atoms with Crippen LogP contribution < -0.4 is 25.4 Å². The second-order valence-corrected chi connectivity index (χ2v) is 8.10. The number of carboxylic acids is 1. The molecule has 3 aromatic rings. The summed E-state index contributed by atoms with van der Waals surface area (Å²) in [6.45, 7) is 2.51. The number of carboxylic acid groups (broad SMARTS) is 1. The van der Waals surface area contributed by atoms with Crippen LogP contribution in [0.5, 0.6) is 17.2 Å². The molecule has 0 bridgehead atoms. The Hall–Kier alpha value is -4.24. The van der Waals surface area contributed by atoms with Gasteiger partial charge in [-0.2, -0.15) is 0 Å². The molecule has 4 N–H and O–H groups in total. The third-order valence-corrected chi connectivity index (χ3v) is 5.25. The lowest BCUT2D eigenvalue weighted by Crippen LogP contribution is -2.28. The van der Waals surface area contributed by atoms with Gasteiger partial charge in [-0.1, -0.05) is 29.8 Å². The zero-order chi connectivity index (χ0) is 26.1. The highest BCUT2D eigenvalue weighted by Crippen LogP contribution is 2.36. The summed E-state index contributed by atoms with van der Waals surface area (Å²) >= 11 is 5.90. The average molecular weight is 512 g/mol. The summed E-state index contributed by atoms with van der Waals surface area (Å²) in [7, 11) is 1.44. The highest BCUT2D eigenvalue weighted by atomic mass is 35.5. The zero-order valence-electron chi connectivity index (χ0n) is 19.8. The third-order valence-electron chi connectivity index (χ3n) is 5.00. The summed E-state index contributed by atoms with van der Waals surface area (Å²) < 4.78 is 11.4. The van der Waals surface area contributed by atoms with Crippen molar-refractivity contribution in [3.8, 4) is 17.2 Å². The predicted molar refractivity (Wildman–Crippen MR) is 136 cm³/mol. The predicted octanol–water partition coefficient (Wildman–Crippen LogP) is 4.84. The standard InChI is InChI=1S/C26H26ClN3O6/c1-3-28-25(33)18-7-11-21(36-22-10-6-17(13-24(31)32)12-23(22)35-2)20(14-18)30-26(34)29-15-16-4-8-19(27)9-5-16/h4-12,14H,3,13,15H2,1-2H3,(H,28,33)(H,31,32)(H2,29,30,34). The van der Waals surface area contributed by atoms with Crippen molar-refractivity contribution < 1.29 is 29.0 Å². The summed E-state index contributed by atoms with van der Waals surface area (Å²) in [4.78, 5) is 36.0. The van der Waals surface area contributed by atoms with E-state index in [0.717, 1.165) is 5.56 Å². The van der Waals surface area contributed by atoms with E-state index in [1.54, 1.807) is 61.5 Å². The Morgan fingerprint density at radius 3 is 2.25 bits per heavy atom. The van der Waals surface area contributed by atoms with Crippen molar-refractivity contribution in [1.82, 2.24) is 10.6 Å². The Bertz CT molecular complexity index is 1250. The van der Waals surface area contributed by atoms with Crippen LogP contribution in [0.4, 0.5) is 10.5 Å². The largest absolute Gasteiger partial charge is 0.493 e. The molecule has 188 valence electrons. The number of nitrogens with one attached hydrogen (secondary N) is 3. The maximum absolute atomic E-state index is 12.7. The summed E-state index contributed by atoms with van der Waals surface area (Å²) in [6.07, 6.45) is -0.168. The normalized spacial score (nSPS) is 10.3. The molecule has 0 aliphatic carbocycles. The summed E-state index contributed by atoms with van der Waals surface area (Å²) in [5, 5.41) is 17.8. The highest BCUT2D eigenvalue weighted by molar-refractivity contribution is 6.30. The van der Waals surface area contributed by atoms with Crippen molar-refractivity contribution in [2.75, 3.05) is 19.0 Å². The first kappa shape index (κ1) is 26.4. The van der Waals surface area contributed by atoms with Gasteiger partial charge in [0.25, 0.3) is 5.91 Å². The van der Waals surface area contributed by atoms with E-state index in [1.807, 2.05) is 0 Å². The van der Waals surface area contributed by atoms with Gasteiger partial charge in [-0.25, -0.2) is 4.79 Å². The quantitative estimate of drug-likeness (QED) is 0.308. The lowest BCUT2D eigenvalue weighted by molar-refractivity contribution is -0.136. The Labute approximate surface area is 213 Å². The minimum absolute atomic E-state index is 0.168. The Morgan fingerprint density at radius 2 is 1.58 bits per heavy atom. The number of aliphatic carboxylic acids is 1. The fourth-order valence-electron chi connectivity index (χ4n) is 3.27. The van der Waals surface area contributed by atoms with E-state index in [4.69, 9.17) is 26.2 Å². The molecule has 0 spiro atoms. The fourth-order valence-corrected chi connectivity index (χ4v) is 3.40. The van der Waals surface area contributed by atoms with Crippen molar-refractivity contribution in [2.24, 2.45) is 0 Å². The highest BCUT2D eigenvalue weighted by Gasteiger charge is 2.16. The van der Waals surface area contributed by atoms with Gasteiger partial charge in [-0.05, 0) is 60.5 Å². The number of anilines is 1. The average Bonchev–Trinajstić information content (AvgIpc) is 2.85. The molecule has 3 amide bonds. The van der Waals surface area contributed by atoms with E-state index >= 15 is 0 Å². The van der Waals surface area contributed by atoms with Crippen LogP contribution in [0, 0.1) is 0 Å². The molecule has 0 atom stereocenters. The fraction of sp³-hybridized carbons (Fsp3) is 0.192. The van der Waals surface area contributed by atoms with Crippen LogP contribution in [0.2, 0.25) is 5.02 Å². The summed E-state index contributed by atoms with van der Waals surface area (Å²) in [5.41, 5.74) is 1.98. The smallest absolute Gasteiger partial charge is 0.319 e. The first-order valence-electron chi connectivity index (χ1n) is 11.1. The summed E-state index contributed by atoms with van der Waals surface area (Å²) in [6, 6.07) is 16.0. The minimum atomic E-state index is -0.970. The van der Waals surface area contributed by atoms with Gasteiger partial charge in [0.1, 0.15) is 0 Å². The van der Waals surface area contributed by atoms with E-state index < -0.39 is 12.0 Å². The minimum Gasteiger partial charge on any atom is -0.493 e. The number of amides is 3. The zero-order valence-corrected chi connectivity index (χ0v) is 20.5. The Balaban J connectivity index is 1.84. The van der Waals surface area contributed by atoms with Crippen molar-refractivity contribution in [2.45, 2.75) is 19.9 Å². The molecular formula is C26H26ClN3O6. The van der Waals surface area contributed by atoms with Gasteiger partial charge in [-0.15, -0.1) is 0 Å². The van der Waals surface area contributed by atoms with Crippen LogP contribution in [0.3, 0.4) is 0 Å². The molecule has 0 saturated heterocycles. The Morgan fingerprint density at radius 1 is 0.889 bits per heavy atom. The second-order valence-electron chi connectivity index (χ2n) is 7.66. The van der Waals surface area contributed by atoms with E-state index in [-0.39, 0.29) is 30.3 Å². The van der Waals surface area contributed by atoms with Gasteiger partial charge < -0.3 is 30.5 Å². The molecule has 3 rings (SSSR count). The Kier molecular flexibility index (Phi) is 9.13. The van der Waals surface area contributed by atoms with E-state index in [9.17, 15) is 14.4 Å². The number of benzene rings is 3. The number of urea groups is 1. The molecule has 0 saturated carbocycles. The maximum Gasteiger partial charge on any atom is 0.319 e. The molecule has 9 nitrogen and oxygen atoms in total. The first-order valence-corrected chi connectivity index (χ1v) is 11.4. The van der Waals surface area contributed by atoms with Crippen LogP contribution in [-0.4, -0.2) is 36.7 Å².